The second-order valence-electron chi connectivity index (χ2n) is 6.66. The largest absolute Gasteiger partial charge is 0.324 e. The number of rotatable bonds is 5. The summed E-state index contributed by atoms with van der Waals surface area (Å²) in [5.41, 5.74) is -0.0215. The van der Waals surface area contributed by atoms with Crippen LogP contribution in [0, 0.1) is 0 Å². The summed E-state index contributed by atoms with van der Waals surface area (Å²) in [5, 5.41) is 8.36. The molecule has 1 fully saturated rings. The summed E-state index contributed by atoms with van der Waals surface area (Å²) in [6.45, 7) is 3.63. The van der Waals surface area contributed by atoms with E-state index in [1.165, 1.54) is 36.8 Å². The molecule has 3 rings (SSSR count). The Bertz CT molecular complexity index is 705. The summed E-state index contributed by atoms with van der Waals surface area (Å²) in [6, 6.07) is 8.08. The molecule has 128 valence electrons. The molecular formula is C18H22ClN3OS. The summed E-state index contributed by atoms with van der Waals surface area (Å²) in [6.07, 6.45) is 8.50. The minimum Gasteiger partial charge on any atom is -0.324 e. The molecule has 0 bridgehead atoms. The minimum absolute atomic E-state index is 0.126. The summed E-state index contributed by atoms with van der Waals surface area (Å²) < 4.78 is 1.58. The van der Waals surface area contributed by atoms with Crippen LogP contribution >= 0.6 is 23.4 Å². The van der Waals surface area contributed by atoms with Crippen molar-refractivity contribution in [1.29, 1.82) is 0 Å². The van der Waals surface area contributed by atoms with E-state index >= 15 is 0 Å². The van der Waals surface area contributed by atoms with Crippen LogP contribution in [0.25, 0.3) is 0 Å². The lowest BCUT2D eigenvalue weighted by atomic mass is 10.0. The zero-order valence-electron chi connectivity index (χ0n) is 14.0. The summed E-state index contributed by atoms with van der Waals surface area (Å²) >= 11 is 7.84. The topological polar surface area (TPSA) is 46.9 Å². The van der Waals surface area contributed by atoms with Crippen LogP contribution in [0.2, 0.25) is 5.02 Å². The first-order valence-corrected chi connectivity index (χ1v) is 9.50. The SMILES string of the molecule is CC(C)(C(=O)Nc1ccc(SC2CCCC2)cc1)n1cc(Cl)cn1. The van der Waals surface area contributed by atoms with Crippen LogP contribution in [-0.4, -0.2) is 20.9 Å². The highest BCUT2D eigenvalue weighted by Crippen LogP contribution is 2.35. The molecular weight excluding hydrogens is 342 g/mol. The molecule has 0 saturated heterocycles. The fourth-order valence-electron chi connectivity index (χ4n) is 2.81. The molecule has 4 nitrogen and oxygen atoms in total. The molecule has 2 aromatic rings. The van der Waals surface area contributed by atoms with Crippen molar-refractivity contribution in [2.75, 3.05) is 5.32 Å². The first-order chi connectivity index (χ1) is 11.4. The number of carbonyl (C=O) groups excluding carboxylic acids is 1. The molecule has 1 amide bonds. The molecule has 0 unspecified atom stereocenters. The number of nitrogens with zero attached hydrogens (tertiary/aromatic N) is 2. The van der Waals surface area contributed by atoms with Crippen molar-refractivity contribution in [3.05, 3.63) is 41.7 Å². The third-order valence-corrected chi connectivity index (χ3v) is 5.94. The predicted octanol–water partition coefficient (Wildman–Crippen LogP) is 4.95. The third-order valence-electron chi connectivity index (χ3n) is 4.40. The van der Waals surface area contributed by atoms with Gasteiger partial charge >= 0.3 is 0 Å². The molecule has 1 heterocycles. The van der Waals surface area contributed by atoms with Crippen molar-refractivity contribution in [3.63, 3.8) is 0 Å². The van der Waals surface area contributed by atoms with Gasteiger partial charge in [-0.15, -0.1) is 11.8 Å². The highest BCUT2D eigenvalue weighted by molar-refractivity contribution is 8.00. The zero-order chi connectivity index (χ0) is 17.2. The third kappa shape index (κ3) is 3.95. The molecule has 0 spiro atoms. The van der Waals surface area contributed by atoms with Gasteiger partial charge in [0.2, 0.25) is 0 Å². The first kappa shape index (κ1) is 17.4. The molecule has 1 aliphatic rings. The van der Waals surface area contributed by atoms with E-state index in [0.29, 0.717) is 5.02 Å². The monoisotopic (exact) mass is 363 g/mol. The Balaban J connectivity index is 1.63. The smallest absolute Gasteiger partial charge is 0.251 e. The van der Waals surface area contributed by atoms with E-state index in [4.69, 9.17) is 11.6 Å². The molecule has 1 saturated carbocycles. The Labute approximate surface area is 152 Å². The lowest BCUT2D eigenvalue weighted by molar-refractivity contribution is -0.123. The Kier molecular flexibility index (Phi) is 5.21. The van der Waals surface area contributed by atoms with Crippen molar-refractivity contribution in [2.24, 2.45) is 0 Å². The van der Waals surface area contributed by atoms with E-state index in [9.17, 15) is 4.79 Å². The number of benzene rings is 1. The number of anilines is 1. The quantitative estimate of drug-likeness (QED) is 0.817. The molecule has 0 radical (unpaired) electrons. The van der Waals surface area contributed by atoms with Gasteiger partial charge in [-0.05, 0) is 51.0 Å². The number of nitrogens with one attached hydrogen (secondary N) is 1. The van der Waals surface area contributed by atoms with Crippen LogP contribution < -0.4 is 5.32 Å². The first-order valence-electron chi connectivity index (χ1n) is 8.24. The van der Waals surface area contributed by atoms with Gasteiger partial charge in [-0.25, -0.2) is 0 Å². The van der Waals surface area contributed by atoms with Crippen LogP contribution in [0.3, 0.4) is 0 Å². The standard InChI is InChI=1S/C18H22ClN3OS/c1-18(2,22-12-13(19)11-20-22)17(23)21-14-7-9-16(10-8-14)24-15-5-3-4-6-15/h7-12,15H,3-6H2,1-2H3,(H,21,23). The van der Waals surface area contributed by atoms with Crippen LogP contribution in [0.5, 0.6) is 0 Å². The number of halogens is 1. The van der Waals surface area contributed by atoms with E-state index < -0.39 is 5.54 Å². The van der Waals surface area contributed by atoms with Gasteiger partial charge in [-0.2, -0.15) is 5.10 Å². The van der Waals surface area contributed by atoms with Crippen molar-refractivity contribution in [2.45, 2.75) is 55.2 Å². The van der Waals surface area contributed by atoms with Crippen LogP contribution in [0.1, 0.15) is 39.5 Å². The van der Waals surface area contributed by atoms with Crippen molar-refractivity contribution >= 4 is 35.0 Å². The van der Waals surface area contributed by atoms with Gasteiger partial charge in [0.15, 0.2) is 0 Å². The minimum atomic E-state index is -0.815. The maximum atomic E-state index is 12.6. The van der Waals surface area contributed by atoms with Crippen LogP contribution in [0.15, 0.2) is 41.6 Å². The molecule has 0 aliphatic heterocycles. The maximum Gasteiger partial charge on any atom is 0.251 e. The highest BCUT2D eigenvalue weighted by atomic mass is 35.5. The number of thioether (sulfide) groups is 1. The van der Waals surface area contributed by atoms with E-state index in [1.807, 2.05) is 37.7 Å². The predicted molar refractivity (Wildman–Crippen MR) is 99.7 cm³/mol. The number of hydrogen-bond donors (Lipinski definition) is 1. The number of aromatic nitrogens is 2. The van der Waals surface area contributed by atoms with Crippen LogP contribution in [-0.2, 0) is 10.3 Å². The van der Waals surface area contributed by atoms with E-state index in [-0.39, 0.29) is 5.91 Å². The lowest BCUT2D eigenvalue weighted by Gasteiger charge is -2.24. The fraction of sp³-hybridized carbons (Fsp3) is 0.444. The van der Waals surface area contributed by atoms with Crippen molar-refractivity contribution < 1.29 is 4.79 Å². The van der Waals surface area contributed by atoms with Gasteiger partial charge in [0.05, 0.1) is 11.2 Å². The second-order valence-corrected chi connectivity index (χ2v) is 8.48. The van der Waals surface area contributed by atoms with E-state index in [2.05, 4.69) is 22.5 Å². The normalized spacial score (nSPS) is 15.6. The molecule has 6 heteroatoms. The highest BCUT2D eigenvalue weighted by Gasteiger charge is 2.30. The Morgan fingerprint density at radius 2 is 1.96 bits per heavy atom. The molecule has 1 N–H and O–H groups in total. The second kappa shape index (κ2) is 7.19. The van der Waals surface area contributed by atoms with Crippen LogP contribution in [0.4, 0.5) is 5.69 Å². The summed E-state index contributed by atoms with van der Waals surface area (Å²) in [4.78, 5) is 13.8. The van der Waals surface area contributed by atoms with Gasteiger partial charge in [0.25, 0.3) is 5.91 Å². The number of amides is 1. The van der Waals surface area contributed by atoms with Gasteiger partial charge in [-0.3, -0.25) is 9.48 Å². The van der Waals surface area contributed by atoms with Gasteiger partial charge in [-0.1, -0.05) is 24.4 Å². The lowest BCUT2D eigenvalue weighted by Crippen LogP contribution is -2.40. The molecule has 1 aromatic carbocycles. The molecule has 1 aliphatic carbocycles. The molecule has 1 aromatic heterocycles. The summed E-state index contributed by atoms with van der Waals surface area (Å²) in [7, 11) is 0. The average Bonchev–Trinajstić information content (AvgIpc) is 3.21. The maximum absolute atomic E-state index is 12.6. The average molecular weight is 364 g/mol. The fourth-order valence-corrected chi connectivity index (χ4v) is 4.19. The number of carbonyl (C=O) groups is 1. The van der Waals surface area contributed by atoms with Crippen molar-refractivity contribution in [1.82, 2.24) is 9.78 Å². The Hall–Kier alpha value is -1.46. The number of hydrogen-bond acceptors (Lipinski definition) is 3. The van der Waals surface area contributed by atoms with Gasteiger partial charge in [0, 0.05) is 22.0 Å². The Morgan fingerprint density at radius 1 is 1.29 bits per heavy atom. The summed E-state index contributed by atoms with van der Waals surface area (Å²) in [5.74, 6) is -0.126. The molecule has 0 atom stereocenters. The van der Waals surface area contributed by atoms with Gasteiger partial charge < -0.3 is 5.32 Å². The van der Waals surface area contributed by atoms with Crippen molar-refractivity contribution in [3.8, 4) is 0 Å². The van der Waals surface area contributed by atoms with E-state index in [0.717, 1.165) is 10.9 Å². The Morgan fingerprint density at radius 3 is 2.54 bits per heavy atom. The van der Waals surface area contributed by atoms with E-state index in [1.54, 1.807) is 10.9 Å². The van der Waals surface area contributed by atoms with Gasteiger partial charge in [0.1, 0.15) is 5.54 Å². The zero-order valence-corrected chi connectivity index (χ0v) is 15.5. The molecule has 24 heavy (non-hydrogen) atoms.